The van der Waals surface area contributed by atoms with Crippen molar-refractivity contribution in [1.29, 1.82) is 0 Å². The average Bonchev–Trinajstić information content (AvgIpc) is 3.87. The summed E-state index contributed by atoms with van der Waals surface area (Å²) in [5, 5.41) is 4.64. The van der Waals surface area contributed by atoms with Crippen molar-refractivity contribution in [3.05, 3.63) is 218 Å². The Morgan fingerprint density at radius 2 is 0.645 bits per heavy atom. The number of hydrogen-bond donors (Lipinski definition) is 0. The van der Waals surface area contributed by atoms with E-state index in [1.165, 1.54) is 10.8 Å². The standard InChI is InChI=1S/C56H36N6/c1-5-17-37(18-6-1)48-35-43(36-49(57-48)38-19-7-2-8-20-38)61-50-27-15-13-25-44(50)46-33-41(29-31-52(46)61)42-30-32-53-47(34-42)45-26-14-16-28-51(45)62(53)56-59-54(39-21-9-3-10-22-39)58-55(60-56)40-23-11-4-12-24-40/h1-36H. The summed E-state index contributed by atoms with van der Waals surface area (Å²) < 4.78 is 4.56. The lowest BCUT2D eigenvalue weighted by Gasteiger charge is -2.13. The van der Waals surface area contributed by atoms with Gasteiger partial charge >= 0.3 is 0 Å². The minimum Gasteiger partial charge on any atom is -0.309 e. The van der Waals surface area contributed by atoms with E-state index >= 15 is 0 Å². The van der Waals surface area contributed by atoms with Crippen LogP contribution in [0.15, 0.2) is 218 Å². The van der Waals surface area contributed by atoms with Gasteiger partial charge in [-0.2, -0.15) is 9.97 Å². The van der Waals surface area contributed by atoms with Crippen LogP contribution in [0.5, 0.6) is 0 Å². The van der Waals surface area contributed by atoms with Crippen molar-refractivity contribution < 1.29 is 0 Å². The number of aromatic nitrogens is 6. The van der Waals surface area contributed by atoms with Crippen LogP contribution < -0.4 is 0 Å². The van der Waals surface area contributed by atoms with Gasteiger partial charge in [-0.1, -0.05) is 170 Å². The highest BCUT2D eigenvalue weighted by Crippen LogP contribution is 2.39. The molecule has 0 fully saturated rings. The lowest BCUT2D eigenvalue weighted by atomic mass is 10.0. The molecule has 0 aliphatic rings. The third kappa shape index (κ3) is 6.04. The predicted molar refractivity (Wildman–Crippen MR) is 253 cm³/mol. The summed E-state index contributed by atoms with van der Waals surface area (Å²) in [7, 11) is 0. The van der Waals surface area contributed by atoms with Gasteiger partial charge < -0.3 is 4.57 Å². The topological polar surface area (TPSA) is 61.4 Å². The van der Waals surface area contributed by atoms with E-state index in [4.69, 9.17) is 19.9 Å². The minimum absolute atomic E-state index is 0.577. The molecule has 4 aromatic heterocycles. The molecule has 0 spiro atoms. The van der Waals surface area contributed by atoms with Gasteiger partial charge in [0.25, 0.3) is 0 Å². The highest BCUT2D eigenvalue weighted by molar-refractivity contribution is 6.12. The summed E-state index contributed by atoms with van der Waals surface area (Å²) >= 11 is 0. The molecule has 8 aromatic carbocycles. The van der Waals surface area contributed by atoms with Crippen molar-refractivity contribution >= 4 is 43.6 Å². The van der Waals surface area contributed by atoms with E-state index < -0.39 is 0 Å². The molecule has 0 amide bonds. The minimum atomic E-state index is 0.577. The fourth-order valence-corrected chi connectivity index (χ4v) is 8.85. The van der Waals surface area contributed by atoms with E-state index in [0.717, 1.165) is 83.3 Å². The van der Waals surface area contributed by atoms with E-state index in [2.05, 4.69) is 155 Å². The van der Waals surface area contributed by atoms with Gasteiger partial charge in [-0.3, -0.25) is 4.57 Å². The molecule has 0 bridgehead atoms. The molecular weight excluding hydrogens is 757 g/mol. The Bertz CT molecular complexity index is 3260. The second kappa shape index (κ2) is 14.7. The molecule has 12 rings (SSSR count). The molecule has 0 saturated heterocycles. The normalized spacial score (nSPS) is 11.5. The zero-order valence-electron chi connectivity index (χ0n) is 33.5. The van der Waals surface area contributed by atoms with Crippen LogP contribution in [0, 0.1) is 0 Å². The predicted octanol–water partition coefficient (Wildman–Crippen LogP) is 13.8. The number of rotatable bonds is 7. The first kappa shape index (κ1) is 35.5. The molecule has 12 aromatic rings. The molecule has 6 nitrogen and oxygen atoms in total. The smallest absolute Gasteiger partial charge is 0.238 e. The lowest BCUT2D eigenvalue weighted by Crippen LogP contribution is -2.06. The Hall–Kier alpha value is -8.48. The highest BCUT2D eigenvalue weighted by atomic mass is 15.2. The summed E-state index contributed by atoms with van der Waals surface area (Å²) in [5.41, 5.74) is 13.6. The van der Waals surface area contributed by atoms with Gasteiger partial charge in [-0.05, 0) is 59.7 Å². The van der Waals surface area contributed by atoms with Gasteiger partial charge in [0.15, 0.2) is 11.6 Å². The van der Waals surface area contributed by atoms with E-state index in [0.29, 0.717) is 17.6 Å². The van der Waals surface area contributed by atoms with Gasteiger partial charge in [-0.25, -0.2) is 9.97 Å². The van der Waals surface area contributed by atoms with Gasteiger partial charge in [-0.15, -0.1) is 0 Å². The number of nitrogens with zero attached hydrogens (tertiary/aromatic N) is 6. The molecular formula is C56H36N6. The average molecular weight is 793 g/mol. The molecule has 0 saturated carbocycles. The van der Waals surface area contributed by atoms with E-state index in [9.17, 15) is 0 Å². The number of para-hydroxylation sites is 2. The zero-order valence-corrected chi connectivity index (χ0v) is 33.5. The number of pyridine rings is 1. The van der Waals surface area contributed by atoms with Crippen molar-refractivity contribution in [2.45, 2.75) is 0 Å². The van der Waals surface area contributed by atoms with Crippen LogP contribution in [-0.4, -0.2) is 29.1 Å². The molecule has 0 atom stereocenters. The van der Waals surface area contributed by atoms with Crippen LogP contribution in [0.3, 0.4) is 0 Å². The van der Waals surface area contributed by atoms with Crippen molar-refractivity contribution in [3.8, 4) is 68.1 Å². The number of fused-ring (bicyclic) bond motifs is 6. The fraction of sp³-hybridized carbons (Fsp3) is 0. The summed E-state index contributed by atoms with van der Waals surface area (Å²) in [4.78, 5) is 20.4. The first-order valence-corrected chi connectivity index (χ1v) is 20.8. The van der Waals surface area contributed by atoms with Crippen molar-refractivity contribution in [3.63, 3.8) is 0 Å². The molecule has 6 heteroatoms. The zero-order chi connectivity index (χ0) is 41.0. The first-order valence-electron chi connectivity index (χ1n) is 20.8. The van der Waals surface area contributed by atoms with E-state index in [1.807, 2.05) is 72.8 Å². The Balaban J connectivity index is 1.02. The Labute approximate surface area is 357 Å². The van der Waals surface area contributed by atoms with E-state index in [1.54, 1.807) is 0 Å². The summed E-state index contributed by atoms with van der Waals surface area (Å²) in [6.45, 7) is 0. The summed E-state index contributed by atoms with van der Waals surface area (Å²) in [5.74, 6) is 1.83. The second-order valence-corrected chi connectivity index (χ2v) is 15.5. The number of benzene rings is 8. The monoisotopic (exact) mass is 792 g/mol. The molecule has 0 unspecified atom stereocenters. The number of hydrogen-bond acceptors (Lipinski definition) is 4. The molecule has 4 heterocycles. The van der Waals surface area contributed by atoms with Gasteiger partial charge in [0.1, 0.15) is 0 Å². The summed E-state index contributed by atoms with van der Waals surface area (Å²) in [6.07, 6.45) is 0. The Kier molecular flexibility index (Phi) is 8.38. The third-order valence-electron chi connectivity index (χ3n) is 11.8. The molecule has 0 aliphatic heterocycles. The molecule has 0 radical (unpaired) electrons. The lowest BCUT2D eigenvalue weighted by molar-refractivity contribution is 0.953. The van der Waals surface area contributed by atoms with Crippen molar-refractivity contribution in [2.24, 2.45) is 0 Å². The Morgan fingerprint density at radius 1 is 0.258 bits per heavy atom. The first-order chi connectivity index (χ1) is 30.7. The highest BCUT2D eigenvalue weighted by Gasteiger charge is 2.20. The van der Waals surface area contributed by atoms with Crippen LogP contribution in [0.25, 0.3) is 112 Å². The molecule has 0 N–H and O–H groups in total. The largest absolute Gasteiger partial charge is 0.309 e. The maximum Gasteiger partial charge on any atom is 0.238 e. The molecule has 290 valence electrons. The van der Waals surface area contributed by atoms with Crippen LogP contribution >= 0.6 is 0 Å². The second-order valence-electron chi connectivity index (χ2n) is 15.5. The van der Waals surface area contributed by atoms with Crippen LogP contribution in [-0.2, 0) is 0 Å². The van der Waals surface area contributed by atoms with Gasteiger partial charge in [0.2, 0.25) is 5.95 Å². The van der Waals surface area contributed by atoms with Gasteiger partial charge in [0, 0.05) is 43.8 Å². The fourth-order valence-electron chi connectivity index (χ4n) is 8.85. The van der Waals surface area contributed by atoms with Crippen LogP contribution in [0.2, 0.25) is 0 Å². The van der Waals surface area contributed by atoms with Crippen molar-refractivity contribution in [1.82, 2.24) is 29.1 Å². The maximum absolute atomic E-state index is 5.18. The van der Waals surface area contributed by atoms with Crippen molar-refractivity contribution in [2.75, 3.05) is 0 Å². The quantitative estimate of drug-likeness (QED) is 0.161. The van der Waals surface area contributed by atoms with E-state index in [-0.39, 0.29) is 0 Å². The molecule has 0 aliphatic carbocycles. The Morgan fingerprint density at radius 3 is 1.13 bits per heavy atom. The van der Waals surface area contributed by atoms with Crippen LogP contribution in [0.1, 0.15) is 0 Å². The third-order valence-corrected chi connectivity index (χ3v) is 11.8. The summed E-state index contributed by atoms with van der Waals surface area (Å²) in [6, 6.07) is 76.4. The van der Waals surface area contributed by atoms with Gasteiger partial charge in [0.05, 0.1) is 39.1 Å². The SMILES string of the molecule is c1ccc(-c2cc(-n3c4ccccc4c4cc(-c5ccc6c(c5)c5ccccc5n6-c5nc(-c6ccccc6)nc(-c6ccccc6)n5)ccc43)cc(-c3ccccc3)n2)cc1. The molecule has 62 heavy (non-hydrogen) atoms. The maximum atomic E-state index is 5.18. The van der Waals surface area contributed by atoms with Crippen LogP contribution in [0.4, 0.5) is 0 Å².